The topological polar surface area (TPSA) is 57.6 Å². The maximum atomic E-state index is 11.8. The van der Waals surface area contributed by atoms with Crippen molar-refractivity contribution >= 4 is 11.8 Å². The van der Waals surface area contributed by atoms with Gasteiger partial charge in [-0.1, -0.05) is 12.2 Å². The summed E-state index contributed by atoms with van der Waals surface area (Å²) in [6.45, 7) is 3.12. The van der Waals surface area contributed by atoms with Gasteiger partial charge in [0.15, 0.2) is 5.78 Å². The van der Waals surface area contributed by atoms with Crippen molar-refractivity contribution in [2.24, 2.45) is 0 Å². The lowest BCUT2D eigenvalue weighted by atomic mass is 9.92. The minimum atomic E-state index is -0.974. The van der Waals surface area contributed by atoms with Crippen LogP contribution in [0.1, 0.15) is 6.92 Å². The second kappa shape index (κ2) is 4.06. The van der Waals surface area contributed by atoms with Gasteiger partial charge in [0.2, 0.25) is 0 Å². The molecule has 0 aromatic rings. The summed E-state index contributed by atoms with van der Waals surface area (Å²) in [5.41, 5.74) is 0.861. The van der Waals surface area contributed by atoms with Crippen LogP contribution >= 0.6 is 0 Å². The van der Waals surface area contributed by atoms with Crippen LogP contribution in [-0.2, 0) is 9.59 Å². The van der Waals surface area contributed by atoms with E-state index in [1.165, 1.54) is 12.2 Å². The molecular formula is C12H13NO3. The lowest BCUT2D eigenvalue weighted by Crippen LogP contribution is -2.42. The van der Waals surface area contributed by atoms with E-state index in [-0.39, 0.29) is 11.4 Å². The standard InChI is InChI=1S/C12H13NO3/c1-8-9(12(15)16)4-5-10(14)11(8)13-6-2-3-7-13/h2-5,11H,6-7H2,1H3,(H,15,16). The molecule has 0 aromatic carbocycles. The summed E-state index contributed by atoms with van der Waals surface area (Å²) in [6, 6.07) is -0.411. The summed E-state index contributed by atoms with van der Waals surface area (Å²) in [7, 11) is 0. The summed E-state index contributed by atoms with van der Waals surface area (Å²) in [5.74, 6) is -1.01. The van der Waals surface area contributed by atoms with Crippen LogP contribution in [0, 0.1) is 0 Å². The third-order valence-electron chi connectivity index (χ3n) is 2.96. The summed E-state index contributed by atoms with van der Waals surface area (Å²) in [6.07, 6.45) is 6.72. The van der Waals surface area contributed by atoms with Crippen LogP contribution in [0.25, 0.3) is 0 Å². The Hall–Kier alpha value is -1.68. The lowest BCUT2D eigenvalue weighted by Gasteiger charge is -2.28. The predicted octanol–water partition coefficient (Wildman–Crippen LogP) is 0.767. The molecule has 1 aliphatic carbocycles. The van der Waals surface area contributed by atoms with E-state index in [0.717, 1.165) is 0 Å². The number of hydrogen-bond donors (Lipinski definition) is 1. The quantitative estimate of drug-likeness (QED) is 0.697. The van der Waals surface area contributed by atoms with E-state index in [2.05, 4.69) is 0 Å². The molecular weight excluding hydrogens is 206 g/mol. The Morgan fingerprint density at radius 2 is 2.00 bits per heavy atom. The molecule has 1 aliphatic heterocycles. The number of carbonyl (C=O) groups excluding carboxylic acids is 1. The van der Waals surface area contributed by atoms with Crippen molar-refractivity contribution in [2.45, 2.75) is 13.0 Å². The highest BCUT2D eigenvalue weighted by Gasteiger charge is 2.31. The lowest BCUT2D eigenvalue weighted by molar-refractivity contribution is -0.132. The first-order chi connectivity index (χ1) is 7.61. The number of hydrogen-bond acceptors (Lipinski definition) is 3. The molecule has 0 bridgehead atoms. The molecule has 16 heavy (non-hydrogen) atoms. The Kier molecular flexibility index (Phi) is 2.75. The molecule has 0 saturated carbocycles. The van der Waals surface area contributed by atoms with E-state index in [9.17, 15) is 9.59 Å². The van der Waals surface area contributed by atoms with Gasteiger partial charge >= 0.3 is 5.97 Å². The van der Waals surface area contributed by atoms with Crippen molar-refractivity contribution < 1.29 is 14.7 Å². The number of carboxylic acids is 1. The van der Waals surface area contributed by atoms with Gasteiger partial charge in [-0.2, -0.15) is 0 Å². The zero-order valence-corrected chi connectivity index (χ0v) is 9.01. The van der Waals surface area contributed by atoms with Gasteiger partial charge in [-0.3, -0.25) is 9.69 Å². The zero-order chi connectivity index (χ0) is 11.7. The molecule has 1 N–H and O–H groups in total. The normalized spacial score (nSPS) is 25.6. The van der Waals surface area contributed by atoms with Crippen LogP contribution < -0.4 is 0 Å². The molecule has 0 radical (unpaired) electrons. The highest BCUT2D eigenvalue weighted by molar-refractivity contribution is 6.04. The smallest absolute Gasteiger partial charge is 0.335 e. The molecule has 4 nitrogen and oxygen atoms in total. The average Bonchev–Trinajstić information content (AvgIpc) is 2.70. The predicted molar refractivity (Wildman–Crippen MR) is 59.0 cm³/mol. The molecule has 4 heteroatoms. The van der Waals surface area contributed by atoms with E-state index in [1.54, 1.807) is 6.92 Å². The van der Waals surface area contributed by atoms with E-state index in [4.69, 9.17) is 5.11 Å². The van der Waals surface area contributed by atoms with Gasteiger partial charge in [-0.15, -0.1) is 0 Å². The first-order valence-corrected chi connectivity index (χ1v) is 5.16. The van der Waals surface area contributed by atoms with Crippen LogP contribution in [0.5, 0.6) is 0 Å². The summed E-state index contributed by atoms with van der Waals surface area (Å²) in [5, 5.41) is 9.00. The number of rotatable bonds is 2. The van der Waals surface area contributed by atoms with Gasteiger partial charge in [0.05, 0.1) is 11.6 Å². The Labute approximate surface area is 93.6 Å². The maximum Gasteiger partial charge on any atom is 0.335 e. The highest BCUT2D eigenvalue weighted by atomic mass is 16.4. The van der Waals surface area contributed by atoms with Gasteiger partial charge in [-0.25, -0.2) is 4.79 Å². The SMILES string of the molecule is CC1=C(C(=O)O)C=CC(=O)C1N1CC=CC1. The van der Waals surface area contributed by atoms with E-state index in [0.29, 0.717) is 18.7 Å². The second-order valence-electron chi connectivity index (χ2n) is 3.97. The molecule has 0 spiro atoms. The molecule has 1 heterocycles. The van der Waals surface area contributed by atoms with Crippen molar-refractivity contribution in [3.63, 3.8) is 0 Å². The van der Waals surface area contributed by atoms with Crippen molar-refractivity contribution in [2.75, 3.05) is 13.1 Å². The minimum absolute atomic E-state index is 0.0359. The number of carbonyl (C=O) groups is 2. The largest absolute Gasteiger partial charge is 0.478 e. The summed E-state index contributed by atoms with van der Waals surface area (Å²) >= 11 is 0. The number of ketones is 1. The van der Waals surface area contributed by atoms with Gasteiger partial charge in [-0.05, 0) is 24.6 Å². The highest BCUT2D eigenvalue weighted by Crippen LogP contribution is 2.23. The maximum absolute atomic E-state index is 11.8. The fourth-order valence-corrected chi connectivity index (χ4v) is 2.15. The minimum Gasteiger partial charge on any atom is -0.478 e. The van der Waals surface area contributed by atoms with Crippen molar-refractivity contribution in [1.29, 1.82) is 0 Å². The summed E-state index contributed by atoms with van der Waals surface area (Å²) in [4.78, 5) is 24.7. The Morgan fingerprint density at radius 1 is 1.38 bits per heavy atom. The first kappa shape index (κ1) is 10.8. The van der Waals surface area contributed by atoms with Crippen LogP contribution in [0.2, 0.25) is 0 Å². The van der Waals surface area contributed by atoms with Crippen LogP contribution in [0.3, 0.4) is 0 Å². The molecule has 1 atom stereocenters. The fourth-order valence-electron chi connectivity index (χ4n) is 2.15. The Morgan fingerprint density at radius 3 is 2.56 bits per heavy atom. The van der Waals surface area contributed by atoms with Crippen molar-refractivity contribution in [3.8, 4) is 0 Å². The van der Waals surface area contributed by atoms with E-state index >= 15 is 0 Å². The fraction of sp³-hybridized carbons (Fsp3) is 0.333. The molecule has 2 aliphatic rings. The molecule has 0 amide bonds. The van der Waals surface area contributed by atoms with Gasteiger partial charge in [0.25, 0.3) is 0 Å². The van der Waals surface area contributed by atoms with Crippen LogP contribution in [0.4, 0.5) is 0 Å². The Bertz CT molecular complexity index is 424. The molecule has 0 fully saturated rings. The van der Waals surface area contributed by atoms with E-state index in [1.807, 2.05) is 17.1 Å². The van der Waals surface area contributed by atoms with E-state index < -0.39 is 12.0 Å². The second-order valence-corrected chi connectivity index (χ2v) is 3.97. The molecule has 1 unspecified atom stereocenters. The number of aliphatic carboxylic acids is 1. The van der Waals surface area contributed by atoms with Crippen molar-refractivity contribution in [3.05, 3.63) is 35.5 Å². The first-order valence-electron chi connectivity index (χ1n) is 5.16. The van der Waals surface area contributed by atoms with Crippen LogP contribution in [0.15, 0.2) is 35.5 Å². The van der Waals surface area contributed by atoms with Gasteiger partial charge < -0.3 is 5.11 Å². The Balaban J connectivity index is 2.32. The molecule has 0 aromatic heterocycles. The van der Waals surface area contributed by atoms with Gasteiger partial charge in [0.1, 0.15) is 0 Å². The molecule has 0 saturated heterocycles. The number of carboxylic acid groups (broad SMARTS) is 1. The van der Waals surface area contributed by atoms with Gasteiger partial charge in [0, 0.05) is 13.1 Å². The van der Waals surface area contributed by atoms with Crippen molar-refractivity contribution in [1.82, 2.24) is 4.90 Å². The number of nitrogens with zero attached hydrogens (tertiary/aromatic N) is 1. The summed E-state index contributed by atoms with van der Waals surface area (Å²) < 4.78 is 0. The third kappa shape index (κ3) is 1.72. The monoisotopic (exact) mass is 219 g/mol. The molecule has 84 valence electrons. The average molecular weight is 219 g/mol. The third-order valence-corrected chi connectivity index (χ3v) is 2.96. The van der Waals surface area contributed by atoms with Crippen LogP contribution in [-0.4, -0.2) is 40.9 Å². The zero-order valence-electron chi connectivity index (χ0n) is 9.01. The molecule has 2 rings (SSSR count).